The van der Waals surface area contributed by atoms with Gasteiger partial charge in [0.25, 0.3) is 0 Å². The zero-order chi connectivity index (χ0) is 17.6. The predicted octanol–water partition coefficient (Wildman–Crippen LogP) is 2.28. The summed E-state index contributed by atoms with van der Waals surface area (Å²) in [6.45, 7) is 3.35. The summed E-state index contributed by atoms with van der Waals surface area (Å²) in [6.07, 6.45) is 0. The molecule has 2 aromatic carbocycles. The molecule has 0 bridgehead atoms. The molecule has 1 amide bonds. The van der Waals surface area contributed by atoms with E-state index < -0.39 is 10.0 Å². The van der Waals surface area contributed by atoms with Gasteiger partial charge in [-0.25, -0.2) is 8.42 Å². The molecule has 0 saturated carbocycles. The Morgan fingerprint density at radius 2 is 1.67 bits per heavy atom. The second kappa shape index (κ2) is 7.77. The summed E-state index contributed by atoms with van der Waals surface area (Å²) in [5.74, 6) is 5.50. The number of benzene rings is 2. The second-order valence-electron chi connectivity index (χ2n) is 5.20. The van der Waals surface area contributed by atoms with E-state index in [1.54, 1.807) is 48.5 Å². The van der Waals surface area contributed by atoms with Gasteiger partial charge in [-0.3, -0.25) is 4.79 Å². The third kappa shape index (κ3) is 5.23. The molecule has 0 saturated heterocycles. The number of carbonyl (C=O) groups is 1. The lowest BCUT2D eigenvalue weighted by molar-refractivity contribution is -0.114. The van der Waals surface area contributed by atoms with Gasteiger partial charge < -0.3 is 5.32 Å². The summed E-state index contributed by atoms with van der Waals surface area (Å²) in [5, 5.41) is 2.66. The van der Waals surface area contributed by atoms with Crippen LogP contribution in [0, 0.1) is 18.8 Å². The fraction of sp³-hybridized carbons (Fsp3) is 0.167. The van der Waals surface area contributed by atoms with Crippen LogP contribution in [0.3, 0.4) is 0 Å². The average molecular weight is 342 g/mol. The molecule has 24 heavy (non-hydrogen) atoms. The zero-order valence-corrected chi connectivity index (χ0v) is 14.3. The third-order valence-corrected chi connectivity index (χ3v) is 4.54. The molecule has 2 N–H and O–H groups in total. The first-order valence-corrected chi connectivity index (χ1v) is 8.78. The SMILES string of the molecule is CC(=O)Nc1ccc(C#CCNS(=O)(=O)c2ccc(C)cc2)cc1. The highest BCUT2D eigenvalue weighted by atomic mass is 32.2. The van der Waals surface area contributed by atoms with E-state index in [-0.39, 0.29) is 17.3 Å². The highest BCUT2D eigenvalue weighted by Gasteiger charge is 2.11. The molecule has 0 aromatic heterocycles. The molecule has 0 fully saturated rings. The maximum absolute atomic E-state index is 12.1. The summed E-state index contributed by atoms with van der Waals surface area (Å²) < 4.78 is 26.6. The van der Waals surface area contributed by atoms with Crippen molar-refractivity contribution in [2.75, 3.05) is 11.9 Å². The fourth-order valence-corrected chi connectivity index (χ4v) is 2.84. The topological polar surface area (TPSA) is 75.3 Å². The molecule has 0 aliphatic heterocycles. The Labute approximate surface area is 142 Å². The Kier molecular flexibility index (Phi) is 5.74. The van der Waals surface area contributed by atoms with E-state index in [1.165, 1.54) is 6.92 Å². The van der Waals surface area contributed by atoms with Crippen molar-refractivity contribution in [3.63, 3.8) is 0 Å². The predicted molar refractivity (Wildman–Crippen MR) is 94.0 cm³/mol. The molecule has 2 rings (SSSR count). The smallest absolute Gasteiger partial charge is 0.241 e. The molecule has 0 aliphatic rings. The number of amides is 1. The van der Waals surface area contributed by atoms with Gasteiger partial charge in [-0.15, -0.1) is 0 Å². The van der Waals surface area contributed by atoms with Crippen LogP contribution >= 0.6 is 0 Å². The van der Waals surface area contributed by atoms with Gasteiger partial charge in [0, 0.05) is 18.2 Å². The van der Waals surface area contributed by atoms with Crippen LogP contribution in [0.1, 0.15) is 18.1 Å². The highest BCUT2D eigenvalue weighted by molar-refractivity contribution is 7.89. The van der Waals surface area contributed by atoms with Crippen LogP contribution in [0.15, 0.2) is 53.4 Å². The van der Waals surface area contributed by atoms with Gasteiger partial charge >= 0.3 is 0 Å². The van der Waals surface area contributed by atoms with Crippen LogP contribution in [0.2, 0.25) is 0 Å². The normalized spacial score (nSPS) is 10.6. The number of nitrogens with one attached hydrogen (secondary N) is 2. The van der Waals surface area contributed by atoms with Gasteiger partial charge in [-0.2, -0.15) is 4.72 Å². The van der Waals surface area contributed by atoms with E-state index in [2.05, 4.69) is 21.9 Å². The Hall–Kier alpha value is -2.62. The van der Waals surface area contributed by atoms with Crippen molar-refractivity contribution in [3.05, 3.63) is 59.7 Å². The summed E-state index contributed by atoms with van der Waals surface area (Å²) in [7, 11) is -3.55. The quantitative estimate of drug-likeness (QED) is 0.837. The molecule has 0 aliphatic carbocycles. The van der Waals surface area contributed by atoms with Crippen molar-refractivity contribution in [1.82, 2.24) is 4.72 Å². The van der Waals surface area contributed by atoms with Crippen molar-refractivity contribution < 1.29 is 13.2 Å². The lowest BCUT2D eigenvalue weighted by Gasteiger charge is -2.04. The summed E-state index contributed by atoms with van der Waals surface area (Å²) in [4.78, 5) is 11.2. The highest BCUT2D eigenvalue weighted by Crippen LogP contribution is 2.10. The molecular formula is C18H18N2O3S. The fourth-order valence-electron chi connectivity index (χ4n) is 1.92. The van der Waals surface area contributed by atoms with Gasteiger partial charge in [0.2, 0.25) is 15.9 Å². The van der Waals surface area contributed by atoms with Crippen LogP contribution < -0.4 is 10.0 Å². The minimum Gasteiger partial charge on any atom is -0.326 e. The number of hydrogen-bond acceptors (Lipinski definition) is 3. The number of anilines is 1. The van der Waals surface area contributed by atoms with Crippen LogP contribution in [0.4, 0.5) is 5.69 Å². The van der Waals surface area contributed by atoms with E-state index in [4.69, 9.17) is 0 Å². The van der Waals surface area contributed by atoms with Crippen molar-refractivity contribution in [2.45, 2.75) is 18.7 Å². The lowest BCUT2D eigenvalue weighted by Crippen LogP contribution is -2.23. The number of aryl methyl sites for hydroxylation is 1. The number of sulfonamides is 1. The number of rotatable bonds is 4. The van der Waals surface area contributed by atoms with Gasteiger partial charge in [0.15, 0.2) is 0 Å². The third-order valence-electron chi connectivity index (χ3n) is 3.12. The van der Waals surface area contributed by atoms with E-state index in [1.807, 2.05) is 6.92 Å². The van der Waals surface area contributed by atoms with Crippen molar-refractivity contribution >= 4 is 21.6 Å². The minimum absolute atomic E-state index is 0.0175. The Morgan fingerprint density at radius 1 is 1.04 bits per heavy atom. The van der Waals surface area contributed by atoms with E-state index in [0.717, 1.165) is 11.1 Å². The van der Waals surface area contributed by atoms with Crippen molar-refractivity contribution in [1.29, 1.82) is 0 Å². The van der Waals surface area contributed by atoms with Gasteiger partial charge in [-0.1, -0.05) is 29.5 Å². The first kappa shape index (κ1) is 17.7. The Bertz CT molecular complexity index is 875. The molecule has 5 nitrogen and oxygen atoms in total. The number of carbonyl (C=O) groups excluding carboxylic acids is 1. The van der Waals surface area contributed by atoms with E-state index in [0.29, 0.717) is 5.69 Å². The second-order valence-corrected chi connectivity index (χ2v) is 6.96. The number of hydrogen-bond donors (Lipinski definition) is 2. The monoisotopic (exact) mass is 342 g/mol. The molecule has 0 heterocycles. The molecule has 0 atom stereocenters. The lowest BCUT2D eigenvalue weighted by atomic mass is 10.2. The molecule has 6 heteroatoms. The van der Waals surface area contributed by atoms with Crippen molar-refractivity contribution in [2.24, 2.45) is 0 Å². The minimum atomic E-state index is -3.55. The molecule has 0 radical (unpaired) electrons. The molecule has 2 aromatic rings. The standard InChI is InChI=1S/C18H18N2O3S/c1-14-5-11-18(12-6-14)24(22,23)19-13-3-4-16-7-9-17(10-8-16)20-15(2)21/h5-12,19H,13H2,1-2H3,(H,20,21). The molecule has 0 unspecified atom stereocenters. The van der Waals surface area contributed by atoms with Gasteiger partial charge in [-0.05, 0) is 43.3 Å². The molecule has 0 spiro atoms. The molecular weight excluding hydrogens is 324 g/mol. The maximum atomic E-state index is 12.1. The Balaban J connectivity index is 1.95. The van der Waals surface area contributed by atoms with E-state index >= 15 is 0 Å². The first-order valence-electron chi connectivity index (χ1n) is 7.30. The summed E-state index contributed by atoms with van der Waals surface area (Å²) in [6, 6.07) is 13.6. The van der Waals surface area contributed by atoms with Gasteiger partial charge in [0.1, 0.15) is 0 Å². The van der Waals surface area contributed by atoms with Crippen LogP contribution in [-0.2, 0) is 14.8 Å². The van der Waals surface area contributed by atoms with Crippen molar-refractivity contribution in [3.8, 4) is 11.8 Å². The first-order chi connectivity index (χ1) is 11.4. The van der Waals surface area contributed by atoms with Crippen LogP contribution in [0.5, 0.6) is 0 Å². The van der Waals surface area contributed by atoms with E-state index in [9.17, 15) is 13.2 Å². The van der Waals surface area contributed by atoms with Gasteiger partial charge in [0.05, 0.1) is 11.4 Å². The average Bonchev–Trinajstić information content (AvgIpc) is 2.53. The zero-order valence-electron chi connectivity index (χ0n) is 13.5. The summed E-state index contributed by atoms with van der Waals surface area (Å²) >= 11 is 0. The molecule has 124 valence electrons. The summed E-state index contributed by atoms with van der Waals surface area (Å²) in [5.41, 5.74) is 2.42. The maximum Gasteiger partial charge on any atom is 0.241 e. The largest absolute Gasteiger partial charge is 0.326 e. The van der Waals surface area contributed by atoms with Crippen LogP contribution in [-0.4, -0.2) is 20.9 Å². The van der Waals surface area contributed by atoms with Crippen LogP contribution in [0.25, 0.3) is 0 Å². The Morgan fingerprint density at radius 3 is 2.25 bits per heavy atom.